The topological polar surface area (TPSA) is 96.5 Å². The maximum absolute atomic E-state index is 12.1. The summed E-state index contributed by atoms with van der Waals surface area (Å²) in [5.74, 6) is -0.302. The Kier molecular flexibility index (Phi) is 6.61. The maximum Gasteiger partial charge on any atom is 0.254 e. The average Bonchev–Trinajstić information content (AvgIpc) is 2.41. The highest BCUT2D eigenvalue weighted by Gasteiger charge is 2.22. The fraction of sp³-hybridized carbons (Fsp3) is 0.462. The Morgan fingerprint density at radius 1 is 1.36 bits per heavy atom. The number of ether oxygens (including phenoxy) is 1. The number of aryl methyl sites for hydroxylation is 1. The van der Waals surface area contributed by atoms with Gasteiger partial charge in [-0.2, -0.15) is 0 Å². The van der Waals surface area contributed by atoms with Crippen molar-refractivity contribution in [1.29, 1.82) is 0 Å². The third-order valence-electron chi connectivity index (χ3n) is 2.95. The van der Waals surface area contributed by atoms with E-state index in [0.717, 1.165) is 18.4 Å². The van der Waals surface area contributed by atoms with Gasteiger partial charge in [-0.3, -0.25) is 9.52 Å². The molecule has 1 atom stereocenters. The molecule has 0 aliphatic carbocycles. The largest absolute Gasteiger partial charge is 0.366 e. The molecule has 9 heteroatoms. The first-order valence-corrected chi connectivity index (χ1v) is 8.46. The van der Waals surface area contributed by atoms with E-state index in [1.807, 2.05) is 6.92 Å². The molecule has 1 aromatic rings. The molecule has 22 heavy (non-hydrogen) atoms. The lowest BCUT2D eigenvalue weighted by molar-refractivity contribution is -0.128. The first-order chi connectivity index (χ1) is 9.85. The molecule has 0 radical (unpaired) electrons. The van der Waals surface area contributed by atoms with Crippen molar-refractivity contribution >= 4 is 39.7 Å². The number of nitrogens with one attached hydrogen (secondary N) is 3. The number of benzene rings is 1. The van der Waals surface area contributed by atoms with E-state index >= 15 is 0 Å². The molecule has 1 aromatic carbocycles. The number of hydrogen-bond donors (Lipinski definition) is 3. The Bertz CT molecular complexity index is 630. The third-order valence-corrected chi connectivity index (χ3v) is 3.54. The molecule has 1 unspecified atom stereocenters. The predicted octanol–water partition coefficient (Wildman–Crippen LogP) is 0.715. The van der Waals surface area contributed by atoms with Gasteiger partial charge in [0.05, 0.1) is 24.2 Å². The van der Waals surface area contributed by atoms with Crippen LogP contribution in [0.4, 0.5) is 11.4 Å². The van der Waals surface area contributed by atoms with Crippen LogP contribution in [0.2, 0.25) is 0 Å². The van der Waals surface area contributed by atoms with Crippen molar-refractivity contribution in [3.8, 4) is 0 Å². The van der Waals surface area contributed by atoms with Crippen molar-refractivity contribution in [2.24, 2.45) is 0 Å². The summed E-state index contributed by atoms with van der Waals surface area (Å²) in [5.41, 5.74) is 1.66. The van der Waals surface area contributed by atoms with Gasteiger partial charge in [-0.15, -0.1) is 12.4 Å². The molecule has 0 spiro atoms. The van der Waals surface area contributed by atoms with E-state index in [-0.39, 0.29) is 18.3 Å². The molecule has 124 valence electrons. The van der Waals surface area contributed by atoms with Crippen LogP contribution in [0.5, 0.6) is 0 Å². The second-order valence-corrected chi connectivity index (χ2v) is 6.72. The van der Waals surface area contributed by atoms with Crippen LogP contribution in [0.3, 0.4) is 0 Å². The van der Waals surface area contributed by atoms with E-state index in [2.05, 4.69) is 15.4 Å². The van der Waals surface area contributed by atoms with E-state index in [1.165, 1.54) is 0 Å². The van der Waals surface area contributed by atoms with Crippen LogP contribution < -0.4 is 15.4 Å². The lowest BCUT2D eigenvalue weighted by Gasteiger charge is -2.23. The van der Waals surface area contributed by atoms with Gasteiger partial charge in [0.1, 0.15) is 6.10 Å². The van der Waals surface area contributed by atoms with Crippen LogP contribution in [0, 0.1) is 6.92 Å². The summed E-state index contributed by atoms with van der Waals surface area (Å²) in [5, 5.41) is 5.78. The van der Waals surface area contributed by atoms with Gasteiger partial charge < -0.3 is 15.4 Å². The van der Waals surface area contributed by atoms with Gasteiger partial charge in [0.15, 0.2) is 0 Å². The van der Waals surface area contributed by atoms with Gasteiger partial charge in [-0.05, 0) is 24.6 Å². The Labute approximate surface area is 136 Å². The molecule has 1 aliphatic rings. The number of amides is 1. The zero-order valence-electron chi connectivity index (χ0n) is 12.4. The number of halogens is 1. The molecule has 1 saturated heterocycles. The summed E-state index contributed by atoms with van der Waals surface area (Å²) in [6.07, 6.45) is 0.484. The van der Waals surface area contributed by atoms with Gasteiger partial charge in [0.25, 0.3) is 5.91 Å². The Morgan fingerprint density at radius 3 is 2.68 bits per heavy atom. The van der Waals surface area contributed by atoms with Crippen LogP contribution in [0.15, 0.2) is 18.2 Å². The van der Waals surface area contributed by atoms with Gasteiger partial charge in [-0.1, -0.05) is 6.07 Å². The zero-order chi connectivity index (χ0) is 15.5. The third kappa shape index (κ3) is 5.45. The number of carbonyl (C=O) groups excluding carboxylic acids is 1. The van der Waals surface area contributed by atoms with Crippen LogP contribution in [-0.2, 0) is 19.6 Å². The SMILES string of the molecule is Cc1ccc(NS(C)(=O)=O)c(NC(=O)C2CNCCO2)c1.Cl. The quantitative estimate of drug-likeness (QED) is 0.744. The Hall–Kier alpha value is -1.35. The molecule has 3 N–H and O–H groups in total. The minimum Gasteiger partial charge on any atom is -0.366 e. The molecule has 1 aliphatic heterocycles. The zero-order valence-corrected chi connectivity index (χ0v) is 14.0. The highest BCUT2D eigenvalue weighted by molar-refractivity contribution is 7.92. The second-order valence-electron chi connectivity index (χ2n) is 4.98. The van der Waals surface area contributed by atoms with Gasteiger partial charge in [0.2, 0.25) is 10.0 Å². The normalized spacial score (nSPS) is 18.2. The standard InChI is InChI=1S/C13H19N3O4S.ClH/c1-9-3-4-10(16-21(2,18)19)11(7-9)15-13(17)12-8-14-5-6-20-12;/h3-4,7,12,14,16H,5-6,8H2,1-2H3,(H,15,17);1H. The van der Waals surface area contributed by atoms with Crippen LogP contribution >= 0.6 is 12.4 Å². The molecule has 0 bridgehead atoms. The average molecular weight is 350 g/mol. The van der Waals surface area contributed by atoms with E-state index in [4.69, 9.17) is 4.74 Å². The maximum atomic E-state index is 12.1. The lowest BCUT2D eigenvalue weighted by atomic mass is 10.2. The number of anilines is 2. The smallest absolute Gasteiger partial charge is 0.254 e. The van der Waals surface area contributed by atoms with Crippen LogP contribution in [0.25, 0.3) is 0 Å². The number of sulfonamides is 1. The van der Waals surface area contributed by atoms with E-state index in [0.29, 0.717) is 24.5 Å². The second kappa shape index (κ2) is 7.77. The minimum absolute atomic E-state index is 0. The van der Waals surface area contributed by atoms with Gasteiger partial charge >= 0.3 is 0 Å². The predicted molar refractivity (Wildman–Crippen MR) is 88.1 cm³/mol. The van der Waals surface area contributed by atoms with Gasteiger partial charge in [0, 0.05) is 13.1 Å². The molecular weight excluding hydrogens is 330 g/mol. The van der Waals surface area contributed by atoms with E-state index in [1.54, 1.807) is 18.2 Å². The summed E-state index contributed by atoms with van der Waals surface area (Å²) in [7, 11) is -3.42. The number of carbonyl (C=O) groups is 1. The highest BCUT2D eigenvalue weighted by Crippen LogP contribution is 2.24. The van der Waals surface area contributed by atoms with Crippen molar-refractivity contribution in [1.82, 2.24) is 5.32 Å². The molecule has 1 fully saturated rings. The summed E-state index contributed by atoms with van der Waals surface area (Å²) < 4.78 is 30.5. The highest BCUT2D eigenvalue weighted by atomic mass is 35.5. The molecule has 0 aromatic heterocycles. The number of hydrogen-bond acceptors (Lipinski definition) is 5. The molecule has 2 rings (SSSR count). The van der Waals surface area contributed by atoms with Crippen molar-refractivity contribution in [3.63, 3.8) is 0 Å². The summed E-state index contributed by atoms with van der Waals surface area (Å²) >= 11 is 0. The summed E-state index contributed by atoms with van der Waals surface area (Å²) in [6.45, 7) is 3.49. The molecule has 0 saturated carbocycles. The van der Waals surface area contributed by atoms with Gasteiger partial charge in [-0.25, -0.2) is 8.42 Å². The molecule has 7 nitrogen and oxygen atoms in total. The number of morpholine rings is 1. The first kappa shape index (κ1) is 18.7. The lowest BCUT2D eigenvalue weighted by Crippen LogP contribution is -2.45. The van der Waals surface area contributed by atoms with Crippen molar-refractivity contribution in [3.05, 3.63) is 23.8 Å². The molecule has 1 heterocycles. The van der Waals surface area contributed by atoms with Crippen molar-refractivity contribution in [2.75, 3.05) is 36.0 Å². The van der Waals surface area contributed by atoms with E-state index < -0.39 is 16.1 Å². The van der Waals surface area contributed by atoms with Crippen molar-refractivity contribution in [2.45, 2.75) is 13.0 Å². The van der Waals surface area contributed by atoms with E-state index in [9.17, 15) is 13.2 Å². The Balaban J connectivity index is 0.00000242. The summed E-state index contributed by atoms with van der Waals surface area (Å²) in [6, 6.07) is 5.09. The minimum atomic E-state index is -3.42. The fourth-order valence-electron chi connectivity index (χ4n) is 2.00. The molecular formula is C13H20ClN3O4S. The Morgan fingerprint density at radius 2 is 2.09 bits per heavy atom. The van der Waals surface area contributed by atoms with Crippen molar-refractivity contribution < 1.29 is 17.9 Å². The van der Waals surface area contributed by atoms with Crippen LogP contribution in [-0.4, -0.2) is 46.4 Å². The number of rotatable bonds is 4. The fourth-order valence-corrected chi connectivity index (χ4v) is 2.57. The van der Waals surface area contributed by atoms with Crippen LogP contribution in [0.1, 0.15) is 5.56 Å². The summed E-state index contributed by atoms with van der Waals surface area (Å²) in [4.78, 5) is 12.1. The molecule has 1 amide bonds. The first-order valence-electron chi connectivity index (χ1n) is 6.57. The monoisotopic (exact) mass is 349 g/mol.